The number of para-hydroxylation sites is 2. The van der Waals surface area contributed by atoms with Crippen molar-refractivity contribution in [1.29, 1.82) is 0 Å². The number of aliphatic imine (C=N–C) groups is 1. The van der Waals surface area contributed by atoms with Gasteiger partial charge >= 0.3 is 0 Å². The molecule has 0 N–H and O–H groups in total. The van der Waals surface area contributed by atoms with Gasteiger partial charge in [-0.25, -0.2) is 4.99 Å². The molecular weight excluding hydrogens is 324 g/mol. The Balaban J connectivity index is 2.12. The van der Waals surface area contributed by atoms with E-state index in [0.717, 1.165) is 28.3 Å². The largest absolute Gasteiger partial charge is 0.543 e. The van der Waals surface area contributed by atoms with Gasteiger partial charge in [0.05, 0.1) is 5.71 Å². The summed E-state index contributed by atoms with van der Waals surface area (Å²) in [6, 6.07) is 22.1. The van der Waals surface area contributed by atoms with Crippen LogP contribution in [0.1, 0.15) is 11.1 Å². The van der Waals surface area contributed by atoms with Crippen LogP contribution in [0.5, 0.6) is 5.75 Å². The fourth-order valence-electron chi connectivity index (χ4n) is 2.49. The second-order valence-electron chi connectivity index (χ2n) is 6.74. The van der Waals surface area contributed by atoms with E-state index in [1.54, 1.807) is 12.4 Å². The number of hydrogen-bond donors (Lipinski definition) is 0. The summed E-state index contributed by atoms with van der Waals surface area (Å²) in [6.45, 7) is 6.53. The van der Waals surface area contributed by atoms with Crippen molar-refractivity contribution in [2.24, 2.45) is 4.99 Å². The van der Waals surface area contributed by atoms with Crippen LogP contribution in [0.15, 0.2) is 84.1 Å². The molecule has 126 valence electrons. The third-order valence-electron chi connectivity index (χ3n) is 3.51. The Kier molecular flexibility index (Phi) is 5.10. The van der Waals surface area contributed by atoms with Gasteiger partial charge in [0, 0.05) is 23.5 Å². The van der Waals surface area contributed by atoms with Crippen LogP contribution in [-0.2, 0) is 0 Å². The molecule has 0 spiro atoms. The van der Waals surface area contributed by atoms with E-state index in [-0.39, 0.29) is 0 Å². The maximum atomic E-state index is 6.22. The molecule has 0 saturated heterocycles. The highest BCUT2D eigenvalue weighted by atomic mass is 28.4. The summed E-state index contributed by atoms with van der Waals surface area (Å²) < 4.78 is 6.22. The highest BCUT2D eigenvalue weighted by Crippen LogP contribution is 2.30. The zero-order chi connectivity index (χ0) is 17.7. The molecule has 0 fully saturated rings. The lowest BCUT2D eigenvalue weighted by atomic mass is 10.0. The lowest BCUT2D eigenvalue weighted by Crippen LogP contribution is -2.29. The highest BCUT2D eigenvalue weighted by Gasteiger charge is 2.18. The molecule has 0 saturated carbocycles. The summed E-state index contributed by atoms with van der Waals surface area (Å²) in [5.74, 6) is 0.837. The second kappa shape index (κ2) is 7.45. The molecule has 3 rings (SSSR count). The molecule has 0 aliphatic carbocycles. The van der Waals surface area contributed by atoms with E-state index in [0.29, 0.717) is 0 Å². The number of pyridine rings is 1. The van der Waals surface area contributed by atoms with E-state index in [1.165, 1.54) is 0 Å². The first-order chi connectivity index (χ1) is 12.0. The Hall–Kier alpha value is -2.72. The van der Waals surface area contributed by atoms with Crippen LogP contribution in [0.2, 0.25) is 19.6 Å². The molecule has 0 amide bonds. The predicted molar refractivity (Wildman–Crippen MR) is 106 cm³/mol. The minimum absolute atomic E-state index is 0.837. The first-order valence-electron chi connectivity index (χ1n) is 8.35. The molecule has 4 heteroatoms. The lowest BCUT2D eigenvalue weighted by molar-refractivity contribution is 0.559. The summed E-state index contributed by atoms with van der Waals surface area (Å²) in [5.41, 5.74) is 3.86. The van der Waals surface area contributed by atoms with Gasteiger partial charge in [-0.2, -0.15) is 0 Å². The van der Waals surface area contributed by atoms with Crippen LogP contribution < -0.4 is 4.43 Å². The standard InChI is InChI=1S/C21H22N2OSi/c1-25(2,3)24-20-12-8-7-11-19(20)23-21(17-9-5-4-6-10-17)18-13-15-22-16-14-18/h4-16H,1-3H3. The molecule has 0 radical (unpaired) electrons. The van der Waals surface area contributed by atoms with Crippen molar-refractivity contribution >= 4 is 19.7 Å². The number of hydrogen-bond acceptors (Lipinski definition) is 3. The maximum Gasteiger partial charge on any atom is 0.242 e. The lowest BCUT2D eigenvalue weighted by Gasteiger charge is -2.20. The molecule has 1 aromatic heterocycles. The van der Waals surface area contributed by atoms with Crippen LogP contribution >= 0.6 is 0 Å². The third kappa shape index (κ3) is 4.64. The molecule has 3 nitrogen and oxygen atoms in total. The van der Waals surface area contributed by atoms with Crippen molar-refractivity contribution in [3.63, 3.8) is 0 Å². The number of benzene rings is 2. The first kappa shape index (κ1) is 17.1. The quantitative estimate of drug-likeness (QED) is 0.454. The Bertz CT molecular complexity index is 814. The SMILES string of the molecule is C[Si](C)(C)Oc1ccccc1N=C(c1ccccc1)c1ccncc1. The van der Waals surface area contributed by atoms with Crippen molar-refractivity contribution in [3.05, 3.63) is 90.3 Å². The second-order valence-corrected chi connectivity index (χ2v) is 11.2. The smallest absolute Gasteiger partial charge is 0.242 e. The Labute approximate surface area is 150 Å². The minimum Gasteiger partial charge on any atom is -0.543 e. The van der Waals surface area contributed by atoms with Crippen LogP contribution in [0.25, 0.3) is 0 Å². The van der Waals surface area contributed by atoms with Gasteiger partial charge in [0.1, 0.15) is 11.4 Å². The van der Waals surface area contributed by atoms with E-state index in [1.807, 2.05) is 54.6 Å². The van der Waals surface area contributed by atoms with E-state index in [2.05, 4.69) is 36.8 Å². The topological polar surface area (TPSA) is 34.5 Å². The van der Waals surface area contributed by atoms with Crippen LogP contribution in [0, 0.1) is 0 Å². The molecule has 1 heterocycles. The zero-order valence-corrected chi connectivity index (χ0v) is 15.8. The van der Waals surface area contributed by atoms with Crippen LogP contribution in [-0.4, -0.2) is 19.0 Å². The third-order valence-corrected chi connectivity index (χ3v) is 4.35. The average Bonchev–Trinajstić information content (AvgIpc) is 2.61. The zero-order valence-electron chi connectivity index (χ0n) is 14.8. The van der Waals surface area contributed by atoms with E-state index in [9.17, 15) is 0 Å². The average molecular weight is 347 g/mol. The van der Waals surface area contributed by atoms with Gasteiger partial charge in [0.25, 0.3) is 0 Å². The number of rotatable bonds is 5. The molecule has 3 aromatic rings. The molecule has 0 atom stereocenters. The molecule has 0 aliphatic heterocycles. The van der Waals surface area contributed by atoms with Crippen LogP contribution in [0.4, 0.5) is 5.69 Å². The number of aromatic nitrogens is 1. The fourth-order valence-corrected chi connectivity index (χ4v) is 3.32. The molecule has 25 heavy (non-hydrogen) atoms. The van der Waals surface area contributed by atoms with Crippen molar-refractivity contribution in [2.45, 2.75) is 19.6 Å². The van der Waals surface area contributed by atoms with Gasteiger partial charge in [-0.3, -0.25) is 4.98 Å². The summed E-state index contributed by atoms with van der Waals surface area (Å²) in [5, 5.41) is 0. The first-order valence-corrected chi connectivity index (χ1v) is 11.8. The van der Waals surface area contributed by atoms with Crippen LogP contribution in [0.3, 0.4) is 0 Å². The fraction of sp³-hybridized carbons (Fsp3) is 0.143. The van der Waals surface area contributed by atoms with E-state index < -0.39 is 8.32 Å². The van der Waals surface area contributed by atoms with E-state index >= 15 is 0 Å². The number of nitrogens with zero attached hydrogens (tertiary/aromatic N) is 2. The normalized spacial score (nSPS) is 12.0. The van der Waals surface area contributed by atoms with Crippen molar-refractivity contribution < 1.29 is 4.43 Å². The predicted octanol–water partition coefficient (Wildman–Crippen LogP) is 5.46. The molecular formula is C21H22N2OSi. The minimum atomic E-state index is -1.72. The van der Waals surface area contributed by atoms with Crippen molar-refractivity contribution in [2.75, 3.05) is 0 Å². The summed E-state index contributed by atoms with van der Waals surface area (Å²) in [4.78, 5) is 9.09. The van der Waals surface area contributed by atoms with Crippen molar-refractivity contribution in [3.8, 4) is 5.75 Å². The van der Waals surface area contributed by atoms with Gasteiger partial charge in [-0.15, -0.1) is 0 Å². The van der Waals surface area contributed by atoms with Gasteiger partial charge in [-0.1, -0.05) is 42.5 Å². The Morgan fingerprint density at radius 2 is 1.40 bits per heavy atom. The molecule has 0 unspecified atom stereocenters. The van der Waals surface area contributed by atoms with Crippen molar-refractivity contribution in [1.82, 2.24) is 4.98 Å². The monoisotopic (exact) mass is 346 g/mol. The Morgan fingerprint density at radius 3 is 2.08 bits per heavy atom. The Morgan fingerprint density at radius 1 is 0.800 bits per heavy atom. The molecule has 0 bridgehead atoms. The summed E-state index contributed by atoms with van der Waals surface area (Å²) in [6.07, 6.45) is 3.58. The van der Waals surface area contributed by atoms with Gasteiger partial charge in [0.15, 0.2) is 0 Å². The molecule has 0 aliphatic rings. The van der Waals surface area contributed by atoms with E-state index in [4.69, 9.17) is 9.42 Å². The summed E-state index contributed by atoms with van der Waals surface area (Å²) >= 11 is 0. The highest BCUT2D eigenvalue weighted by molar-refractivity contribution is 6.70. The molecule has 2 aromatic carbocycles. The van der Waals surface area contributed by atoms with Gasteiger partial charge < -0.3 is 4.43 Å². The summed E-state index contributed by atoms with van der Waals surface area (Å²) in [7, 11) is -1.72. The van der Waals surface area contributed by atoms with Gasteiger partial charge in [0.2, 0.25) is 8.32 Å². The van der Waals surface area contributed by atoms with Gasteiger partial charge in [-0.05, 0) is 43.9 Å². The maximum absolute atomic E-state index is 6.22.